The van der Waals surface area contributed by atoms with Crippen molar-refractivity contribution in [2.24, 2.45) is 5.84 Å². The van der Waals surface area contributed by atoms with Crippen LogP contribution < -0.4 is 11.3 Å². The average Bonchev–Trinajstić information content (AvgIpc) is 2.05. The summed E-state index contributed by atoms with van der Waals surface area (Å²) in [6, 6.07) is 0. The molecule has 5 heteroatoms. The van der Waals surface area contributed by atoms with E-state index < -0.39 is 0 Å². The van der Waals surface area contributed by atoms with Gasteiger partial charge in [0.25, 0.3) is 0 Å². The Morgan fingerprint density at radius 1 is 1.60 bits per heavy atom. The lowest BCUT2D eigenvalue weighted by Gasteiger charge is -1.97. The number of thiocarbonyl (C=S) groups is 1. The number of nitrogens with one attached hydrogen (secondary N) is 1. The van der Waals surface area contributed by atoms with E-state index in [1.54, 1.807) is 18.6 Å². The highest BCUT2D eigenvalue weighted by Gasteiger charge is 1.96. The predicted octanol–water partition coefficient (Wildman–Crippen LogP) is -0.385. The molecule has 0 amide bonds. The zero-order valence-electron chi connectivity index (χ0n) is 5.11. The van der Waals surface area contributed by atoms with Crippen LogP contribution in [0.25, 0.3) is 0 Å². The smallest absolute Gasteiger partial charge is 0.140 e. The molecule has 0 aromatic carbocycles. The van der Waals surface area contributed by atoms with Gasteiger partial charge in [-0.25, -0.2) is 5.84 Å². The average molecular weight is 154 g/mol. The molecule has 0 spiro atoms. The quantitative estimate of drug-likeness (QED) is 0.328. The Balaban J connectivity index is 2.85. The third-order valence-electron chi connectivity index (χ3n) is 0.927. The first-order valence-electron chi connectivity index (χ1n) is 2.61. The molecule has 1 aromatic heterocycles. The van der Waals surface area contributed by atoms with E-state index in [-0.39, 0.29) is 0 Å². The summed E-state index contributed by atoms with van der Waals surface area (Å²) >= 11 is 4.78. The van der Waals surface area contributed by atoms with Crippen molar-refractivity contribution >= 4 is 17.2 Å². The maximum Gasteiger partial charge on any atom is 0.140 e. The molecule has 0 aliphatic rings. The first kappa shape index (κ1) is 7.04. The summed E-state index contributed by atoms with van der Waals surface area (Å²) in [6.07, 6.45) is 4.67. The van der Waals surface area contributed by atoms with Crippen molar-refractivity contribution in [3.05, 3.63) is 24.3 Å². The highest BCUT2D eigenvalue weighted by atomic mass is 32.1. The molecule has 0 aliphatic heterocycles. The van der Waals surface area contributed by atoms with Crippen LogP contribution in [0.1, 0.15) is 5.69 Å². The summed E-state index contributed by atoms with van der Waals surface area (Å²) in [5.74, 6) is 5.05. The fraction of sp³-hybridized carbons (Fsp3) is 0. The third kappa shape index (κ3) is 1.46. The van der Waals surface area contributed by atoms with Crippen LogP contribution in [0.2, 0.25) is 0 Å². The van der Waals surface area contributed by atoms with E-state index in [9.17, 15) is 0 Å². The lowest BCUT2D eigenvalue weighted by atomic mass is 10.4. The second kappa shape index (κ2) is 3.19. The fourth-order valence-electron chi connectivity index (χ4n) is 0.490. The number of nitrogens with zero attached hydrogens (tertiary/aromatic N) is 2. The summed E-state index contributed by atoms with van der Waals surface area (Å²) in [4.78, 5) is 8.11. The predicted molar refractivity (Wildman–Crippen MR) is 41.1 cm³/mol. The van der Waals surface area contributed by atoms with E-state index >= 15 is 0 Å². The number of rotatable bonds is 1. The van der Waals surface area contributed by atoms with Gasteiger partial charge in [-0.05, 0) is 0 Å². The van der Waals surface area contributed by atoms with Gasteiger partial charge in [0.05, 0.1) is 6.20 Å². The van der Waals surface area contributed by atoms with Gasteiger partial charge in [0.15, 0.2) is 0 Å². The highest BCUT2D eigenvalue weighted by molar-refractivity contribution is 7.80. The normalized spacial score (nSPS) is 8.90. The standard InChI is InChI=1S/C5H6N4S/c6-9-5(10)4-3-7-1-2-8-4/h1-3H,6H2,(H,9,10). The van der Waals surface area contributed by atoms with Crippen LogP contribution in [0.4, 0.5) is 0 Å². The zero-order valence-corrected chi connectivity index (χ0v) is 5.93. The highest BCUT2D eigenvalue weighted by Crippen LogP contribution is 1.88. The Labute approximate surface area is 63.5 Å². The maximum absolute atomic E-state index is 5.05. The molecule has 1 rings (SSSR count). The number of hydrogen-bond donors (Lipinski definition) is 2. The summed E-state index contributed by atoms with van der Waals surface area (Å²) in [7, 11) is 0. The third-order valence-corrected chi connectivity index (χ3v) is 1.25. The molecule has 0 saturated heterocycles. The molecule has 1 aromatic rings. The first-order valence-corrected chi connectivity index (χ1v) is 3.02. The fourth-order valence-corrected chi connectivity index (χ4v) is 0.596. The van der Waals surface area contributed by atoms with E-state index in [0.29, 0.717) is 10.7 Å². The van der Waals surface area contributed by atoms with Crippen LogP contribution in [0.15, 0.2) is 18.6 Å². The van der Waals surface area contributed by atoms with Gasteiger partial charge in [0, 0.05) is 12.4 Å². The van der Waals surface area contributed by atoms with Crippen LogP contribution in [0.5, 0.6) is 0 Å². The van der Waals surface area contributed by atoms with Crippen LogP contribution in [0.3, 0.4) is 0 Å². The molecule has 0 aliphatic carbocycles. The molecular weight excluding hydrogens is 148 g/mol. The van der Waals surface area contributed by atoms with Crippen LogP contribution >= 0.6 is 12.2 Å². The minimum atomic E-state index is 0.396. The van der Waals surface area contributed by atoms with Crippen molar-refractivity contribution in [2.75, 3.05) is 0 Å². The Morgan fingerprint density at radius 2 is 2.40 bits per heavy atom. The Hall–Kier alpha value is -1.07. The second-order valence-electron chi connectivity index (χ2n) is 1.56. The van der Waals surface area contributed by atoms with Crippen molar-refractivity contribution in [2.45, 2.75) is 0 Å². The van der Waals surface area contributed by atoms with E-state index in [4.69, 9.17) is 18.1 Å². The van der Waals surface area contributed by atoms with Crippen molar-refractivity contribution < 1.29 is 0 Å². The van der Waals surface area contributed by atoms with Crippen molar-refractivity contribution in [3.8, 4) is 0 Å². The summed E-state index contributed by atoms with van der Waals surface area (Å²) in [5.41, 5.74) is 2.89. The number of nitrogens with two attached hydrogens (primary N) is 1. The van der Waals surface area contributed by atoms with Crippen LogP contribution in [-0.4, -0.2) is 15.0 Å². The van der Waals surface area contributed by atoms with E-state index in [0.717, 1.165) is 0 Å². The molecule has 0 unspecified atom stereocenters. The lowest BCUT2D eigenvalue weighted by Crippen LogP contribution is -2.29. The van der Waals surface area contributed by atoms with E-state index in [2.05, 4.69) is 15.4 Å². The van der Waals surface area contributed by atoms with Gasteiger partial charge in [-0.3, -0.25) is 9.97 Å². The molecule has 52 valence electrons. The number of aromatic nitrogens is 2. The molecule has 0 bridgehead atoms. The molecule has 0 fully saturated rings. The van der Waals surface area contributed by atoms with E-state index in [1.165, 1.54) is 0 Å². The van der Waals surface area contributed by atoms with Gasteiger partial charge >= 0.3 is 0 Å². The number of hydrazine groups is 1. The summed E-state index contributed by atoms with van der Waals surface area (Å²) < 4.78 is 0. The summed E-state index contributed by atoms with van der Waals surface area (Å²) in [6.45, 7) is 0. The summed E-state index contributed by atoms with van der Waals surface area (Å²) in [5, 5.41) is 0. The second-order valence-corrected chi connectivity index (χ2v) is 1.97. The molecule has 0 atom stereocenters. The van der Waals surface area contributed by atoms with Gasteiger partial charge in [-0.2, -0.15) is 0 Å². The molecule has 1 heterocycles. The molecule has 4 nitrogen and oxygen atoms in total. The molecule has 0 radical (unpaired) electrons. The van der Waals surface area contributed by atoms with Gasteiger partial charge in [-0.1, -0.05) is 12.2 Å². The lowest BCUT2D eigenvalue weighted by molar-refractivity contribution is 1.03. The van der Waals surface area contributed by atoms with E-state index in [1.807, 2.05) is 0 Å². The topological polar surface area (TPSA) is 63.8 Å². The minimum absolute atomic E-state index is 0.396. The Bertz CT molecular complexity index is 222. The van der Waals surface area contributed by atoms with Gasteiger partial charge in [-0.15, -0.1) is 0 Å². The van der Waals surface area contributed by atoms with Crippen LogP contribution in [-0.2, 0) is 0 Å². The molecule has 10 heavy (non-hydrogen) atoms. The van der Waals surface area contributed by atoms with Crippen molar-refractivity contribution in [1.29, 1.82) is 0 Å². The largest absolute Gasteiger partial charge is 0.313 e. The van der Waals surface area contributed by atoms with Gasteiger partial charge < -0.3 is 5.43 Å². The van der Waals surface area contributed by atoms with Gasteiger partial charge in [0.2, 0.25) is 0 Å². The van der Waals surface area contributed by atoms with Crippen molar-refractivity contribution in [3.63, 3.8) is 0 Å². The monoisotopic (exact) mass is 154 g/mol. The number of hydrogen-bond acceptors (Lipinski definition) is 4. The van der Waals surface area contributed by atoms with Crippen LogP contribution in [0, 0.1) is 0 Å². The van der Waals surface area contributed by atoms with Gasteiger partial charge in [0.1, 0.15) is 10.7 Å². The first-order chi connectivity index (χ1) is 4.84. The molecular formula is C5H6N4S. The molecule has 0 saturated carbocycles. The molecule has 3 N–H and O–H groups in total. The zero-order chi connectivity index (χ0) is 7.40. The Morgan fingerprint density at radius 3 is 2.90 bits per heavy atom. The Kier molecular flexibility index (Phi) is 2.24. The minimum Gasteiger partial charge on any atom is -0.313 e. The SMILES string of the molecule is NNC(=S)c1cnccn1. The van der Waals surface area contributed by atoms with Crippen molar-refractivity contribution in [1.82, 2.24) is 15.4 Å². The maximum atomic E-state index is 5.05.